The van der Waals surface area contributed by atoms with Crippen LogP contribution >= 0.6 is 0 Å². The average Bonchev–Trinajstić information content (AvgIpc) is 2.49. The van der Waals surface area contributed by atoms with Crippen molar-refractivity contribution < 1.29 is 14.7 Å². The van der Waals surface area contributed by atoms with Gasteiger partial charge in [0.1, 0.15) is 6.54 Å². The summed E-state index contributed by atoms with van der Waals surface area (Å²) < 4.78 is 0. The Labute approximate surface area is 135 Å². The Morgan fingerprint density at radius 3 is 2.00 bits per heavy atom. The maximum absolute atomic E-state index is 11.3. The Bertz CT molecular complexity index is 313. The highest BCUT2D eigenvalue weighted by molar-refractivity contribution is 5.80. The first-order valence-electron chi connectivity index (χ1n) is 8.80. The van der Waals surface area contributed by atoms with Crippen LogP contribution in [0.2, 0.25) is 0 Å². The zero-order valence-electron chi connectivity index (χ0n) is 14.1. The molecule has 0 unspecified atom stereocenters. The van der Waals surface area contributed by atoms with E-state index in [-0.39, 0.29) is 12.5 Å². The molecule has 0 aliphatic rings. The molecule has 1 amide bonds. The molecular formula is C18H33NO3. The fourth-order valence-corrected chi connectivity index (χ4v) is 2.27. The van der Waals surface area contributed by atoms with Crippen LogP contribution in [0.4, 0.5) is 0 Å². The van der Waals surface area contributed by atoms with E-state index in [4.69, 9.17) is 5.11 Å². The topological polar surface area (TPSA) is 66.4 Å². The quantitative estimate of drug-likeness (QED) is 0.347. The van der Waals surface area contributed by atoms with Crippen LogP contribution in [0.15, 0.2) is 12.2 Å². The molecule has 0 bridgehead atoms. The van der Waals surface area contributed by atoms with Gasteiger partial charge < -0.3 is 10.4 Å². The van der Waals surface area contributed by atoms with Gasteiger partial charge in [0.05, 0.1) is 0 Å². The second kappa shape index (κ2) is 16.1. The fourth-order valence-electron chi connectivity index (χ4n) is 2.27. The lowest BCUT2D eigenvalue weighted by molar-refractivity contribution is -0.137. The lowest BCUT2D eigenvalue weighted by atomic mass is 10.1. The van der Waals surface area contributed by atoms with Gasteiger partial charge in [-0.05, 0) is 32.1 Å². The maximum Gasteiger partial charge on any atom is 0.322 e. The molecular weight excluding hydrogens is 278 g/mol. The molecule has 0 aliphatic carbocycles. The number of amides is 1. The highest BCUT2D eigenvalue weighted by Crippen LogP contribution is 2.09. The summed E-state index contributed by atoms with van der Waals surface area (Å²) in [5, 5.41) is 10.8. The number of hydrogen-bond donors (Lipinski definition) is 2. The van der Waals surface area contributed by atoms with Crippen molar-refractivity contribution in [2.24, 2.45) is 0 Å². The maximum atomic E-state index is 11.3. The second-order valence-electron chi connectivity index (χ2n) is 5.80. The lowest BCUT2D eigenvalue weighted by Gasteiger charge is -2.02. The van der Waals surface area contributed by atoms with Crippen LogP contribution in [-0.4, -0.2) is 23.5 Å². The molecule has 0 radical (unpaired) electrons. The molecule has 0 aromatic carbocycles. The molecule has 0 saturated carbocycles. The number of aliphatic carboxylic acids is 1. The van der Waals surface area contributed by atoms with E-state index in [2.05, 4.69) is 24.4 Å². The van der Waals surface area contributed by atoms with Crippen LogP contribution < -0.4 is 5.32 Å². The molecule has 0 aliphatic heterocycles. The van der Waals surface area contributed by atoms with E-state index >= 15 is 0 Å². The van der Waals surface area contributed by atoms with E-state index in [0.29, 0.717) is 6.42 Å². The van der Waals surface area contributed by atoms with Gasteiger partial charge >= 0.3 is 5.97 Å². The normalized spacial score (nSPS) is 11.0. The Morgan fingerprint density at radius 1 is 0.864 bits per heavy atom. The molecule has 0 atom stereocenters. The number of rotatable bonds is 15. The van der Waals surface area contributed by atoms with Crippen molar-refractivity contribution in [2.45, 2.75) is 84.0 Å². The van der Waals surface area contributed by atoms with E-state index in [1.165, 1.54) is 51.4 Å². The zero-order valence-corrected chi connectivity index (χ0v) is 14.1. The molecule has 0 rings (SSSR count). The van der Waals surface area contributed by atoms with Crippen molar-refractivity contribution >= 4 is 11.9 Å². The number of carboxylic acid groups (broad SMARTS) is 1. The van der Waals surface area contributed by atoms with Gasteiger partial charge in [-0.25, -0.2) is 0 Å². The molecule has 0 spiro atoms. The van der Waals surface area contributed by atoms with E-state index in [1.807, 2.05) is 0 Å². The SMILES string of the molecule is CCCCC/C=C\CCCCCCCCC(=O)NCC(=O)O. The molecule has 0 fully saturated rings. The zero-order chi connectivity index (χ0) is 16.5. The minimum absolute atomic E-state index is 0.157. The first kappa shape index (κ1) is 20.7. The van der Waals surface area contributed by atoms with Crippen LogP contribution in [0.1, 0.15) is 84.0 Å². The van der Waals surface area contributed by atoms with E-state index in [9.17, 15) is 9.59 Å². The van der Waals surface area contributed by atoms with Crippen molar-refractivity contribution in [3.63, 3.8) is 0 Å². The third-order valence-electron chi connectivity index (χ3n) is 3.60. The lowest BCUT2D eigenvalue weighted by Crippen LogP contribution is -2.28. The number of nitrogens with one attached hydrogen (secondary N) is 1. The standard InChI is InChI=1S/C18H33NO3/c1-2-3-4-5-6-7-8-9-10-11-12-13-14-15-17(20)19-16-18(21)22/h6-7H,2-5,8-16H2,1H3,(H,19,20)(H,21,22)/b7-6-. The molecule has 128 valence electrons. The summed E-state index contributed by atoms with van der Waals surface area (Å²) in [6.45, 7) is 1.96. The number of carboxylic acids is 1. The molecule has 2 N–H and O–H groups in total. The van der Waals surface area contributed by atoms with Gasteiger partial charge in [0.15, 0.2) is 0 Å². The molecule has 4 heteroatoms. The van der Waals surface area contributed by atoms with Crippen molar-refractivity contribution in [3.05, 3.63) is 12.2 Å². The summed E-state index contributed by atoms with van der Waals surface area (Å²) in [6.07, 6.45) is 18.2. The van der Waals surface area contributed by atoms with Gasteiger partial charge in [0.2, 0.25) is 5.91 Å². The number of carbonyl (C=O) groups excluding carboxylic acids is 1. The number of carbonyl (C=O) groups is 2. The van der Waals surface area contributed by atoms with Crippen molar-refractivity contribution in [3.8, 4) is 0 Å². The monoisotopic (exact) mass is 311 g/mol. The van der Waals surface area contributed by atoms with Crippen molar-refractivity contribution in [2.75, 3.05) is 6.54 Å². The minimum Gasteiger partial charge on any atom is -0.480 e. The first-order valence-corrected chi connectivity index (χ1v) is 8.80. The molecule has 0 aromatic heterocycles. The summed E-state index contributed by atoms with van der Waals surface area (Å²) >= 11 is 0. The van der Waals surface area contributed by atoms with E-state index in [0.717, 1.165) is 19.3 Å². The van der Waals surface area contributed by atoms with E-state index in [1.54, 1.807) is 0 Å². The first-order chi connectivity index (χ1) is 10.7. The van der Waals surface area contributed by atoms with Crippen molar-refractivity contribution in [1.82, 2.24) is 5.32 Å². The van der Waals surface area contributed by atoms with Gasteiger partial charge in [-0.3, -0.25) is 9.59 Å². The molecule has 0 aromatic rings. The van der Waals surface area contributed by atoms with Gasteiger partial charge in [0.25, 0.3) is 0 Å². The summed E-state index contributed by atoms with van der Waals surface area (Å²) in [7, 11) is 0. The summed E-state index contributed by atoms with van der Waals surface area (Å²) in [5.41, 5.74) is 0. The summed E-state index contributed by atoms with van der Waals surface area (Å²) in [6, 6.07) is 0. The highest BCUT2D eigenvalue weighted by Gasteiger charge is 2.02. The summed E-state index contributed by atoms with van der Waals surface area (Å²) in [4.78, 5) is 21.5. The van der Waals surface area contributed by atoms with Crippen LogP contribution in [0, 0.1) is 0 Å². The summed E-state index contributed by atoms with van der Waals surface area (Å²) in [5.74, 6) is -1.15. The third kappa shape index (κ3) is 16.7. The third-order valence-corrected chi connectivity index (χ3v) is 3.60. The largest absolute Gasteiger partial charge is 0.480 e. The second-order valence-corrected chi connectivity index (χ2v) is 5.80. The van der Waals surface area contributed by atoms with E-state index < -0.39 is 5.97 Å². The van der Waals surface area contributed by atoms with Crippen molar-refractivity contribution in [1.29, 1.82) is 0 Å². The van der Waals surface area contributed by atoms with Crippen LogP contribution in [0.25, 0.3) is 0 Å². The minimum atomic E-state index is -0.993. The Kier molecular flexibility index (Phi) is 15.1. The predicted octanol–water partition coefficient (Wildman–Crippen LogP) is 4.44. The van der Waals surface area contributed by atoms with Gasteiger partial charge in [-0.2, -0.15) is 0 Å². The predicted molar refractivity (Wildman–Crippen MR) is 90.9 cm³/mol. The van der Waals surface area contributed by atoms with Gasteiger partial charge in [-0.1, -0.05) is 57.6 Å². The number of allylic oxidation sites excluding steroid dienone is 2. The molecule has 4 nitrogen and oxygen atoms in total. The molecule has 22 heavy (non-hydrogen) atoms. The van der Waals surface area contributed by atoms with Gasteiger partial charge in [-0.15, -0.1) is 0 Å². The van der Waals surface area contributed by atoms with Gasteiger partial charge in [0, 0.05) is 6.42 Å². The fraction of sp³-hybridized carbons (Fsp3) is 0.778. The molecule has 0 saturated heterocycles. The molecule has 0 heterocycles. The number of hydrogen-bond acceptors (Lipinski definition) is 2. The smallest absolute Gasteiger partial charge is 0.322 e. The average molecular weight is 311 g/mol. The Morgan fingerprint density at radius 2 is 1.41 bits per heavy atom. The number of unbranched alkanes of at least 4 members (excludes halogenated alkanes) is 9. The van der Waals surface area contributed by atoms with Crippen LogP contribution in [-0.2, 0) is 9.59 Å². The Balaban J connectivity index is 3.20. The highest BCUT2D eigenvalue weighted by atomic mass is 16.4. The van der Waals surface area contributed by atoms with Crippen LogP contribution in [0.5, 0.6) is 0 Å². The van der Waals surface area contributed by atoms with Crippen LogP contribution in [0.3, 0.4) is 0 Å². The Hall–Kier alpha value is -1.32.